The van der Waals surface area contributed by atoms with Crippen LogP contribution in [-0.2, 0) is 0 Å². The SMILES string of the molecule is CCCCCCCCOc1cnc(-c2ncccc2[SiH2]CCCC(C)CCCC(C)CCCCC)cn1. The number of ether oxygens (including phenoxy) is 1. The Morgan fingerprint density at radius 2 is 1.41 bits per heavy atom. The number of hydrogen-bond acceptors (Lipinski definition) is 4. The number of unbranched alkanes of at least 4 members (excludes halogenated alkanes) is 7. The predicted molar refractivity (Wildman–Crippen MR) is 163 cm³/mol. The van der Waals surface area contributed by atoms with Crippen molar-refractivity contribution in [2.45, 2.75) is 130 Å². The fraction of sp³-hybridized carbons (Fsp3) is 0.719. The zero-order valence-corrected chi connectivity index (χ0v) is 25.9. The Balaban J connectivity index is 1.68. The summed E-state index contributed by atoms with van der Waals surface area (Å²) in [7, 11) is -0.368. The minimum absolute atomic E-state index is 0.368. The van der Waals surface area contributed by atoms with Crippen molar-refractivity contribution in [1.82, 2.24) is 15.0 Å². The van der Waals surface area contributed by atoms with Crippen molar-refractivity contribution in [2.24, 2.45) is 11.8 Å². The first-order chi connectivity index (χ1) is 18.1. The van der Waals surface area contributed by atoms with Crippen LogP contribution in [0.25, 0.3) is 11.4 Å². The van der Waals surface area contributed by atoms with Crippen LogP contribution in [0.4, 0.5) is 0 Å². The van der Waals surface area contributed by atoms with Crippen molar-refractivity contribution in [3.8, 4) is 17.3 Å². The number of nitrogens with zero attached hydrogens (tertiary/aromatic N) is 3. The molecule has 0 spiro atoms. The normalized spacial score (nSPS) is 13.3. The van der Waals surface area contributed by atoms with Crippen LogP contribution in [0.15, 0.2) is 30.7 Å². The van der Waals surface area contributed by atoms with Crippen molar-refractivity contribution < 1.29 is 4.74 Å². The van der Waals surface area contributed by atoms with Crippen molar-refractivity contribution in [3.63, 3.8) is 0 Å². The first-order valence-corrected chi connectivity index (χ1v) is 17.2. The van der Waals surface area contributed by atoms with E-state index in [9.17, 15) is 0 Å². The third-order valence-electron chi connectivity index (χ3n) is 7.60. The van der Waals surface area contributed by atoms with Gasteiger partial charge in [-0.2, -0.15) is 0 Å². The summed E-state index contributed by atoms with van der Waals surface area (Å²) >= 11 is 0. The molecule has 0 radical (unpaired) electrons. The van der Waals surface area contributed by atoms with E-state index in [1.165, 1.54) is 101 Å². The molecule has 0 aliphatic rings. The van der Waals surface area contributed by atoms with Crippen molar-refractivity contribution in [3.05, 3.63) is 30.7 Å². The van der Waals surface area contributed by atoms with E-state index in [-0.39, 0.29) is 9.52 Å². The number of hydrogen-bond donors (Lipinski definition) is 0. The number of rotatable bonds is 22. The van der Waals surface area contributed by atoms with Gasteiger partial charge in [0.05, 0.1) is 34.2 Å². The van der Waals surface area contributed by atoms with Crippen LogP contribution < -0.4 is 9.92 Å². The van der Waals surface area contributed by atoms with Gasteiger partial charge in [0.1, 0.15) is 5.69 Å². The lowest BCUT2D eigenvalue weighted by Crippen LogP contribution is -2.18. The summed E-state index contributed by atoms with van der Waals surface area (Å²) in [6, 6.07) is 5.66. The summed E-state index contributed by atoms with van der Waals surface area (Å²) in [4.78, 5) is 13.8. The Hall–Kier alpha value is -1.75. The molecule has 0 saturated heterocycles. The lowest BCUT2D eigenvalue weighted by Gasteiger charge is -2.14. The van der Waals surface area contributed by atoms with E-state index in [0.29, 0.717) is 5.88 Å². The Morgan fingerprint density at radius 1 is 0.730 bits per heavy atom. The van der Waals surface area contributed by atoms with Crippen LogP contribution in [0.3, 0.4) is 0 Å². The van der Waals surface area contributed by atoms with Crippen LogP contribution >= 0.6 is 0 Å². The van der Waals surface area contributed by atoms with Crippen molar-refractivity contribution in [1.29, 1.82) is 0 Å². The molecule has 37 heavy (non-hydrogen) atoms. The zero-order chi connectivity index (χ0) is 26.6. The monoisotopic (exact) mass is 525 g/mol. The molecule has 2 aromatic heterocycles. The topological polar surface area (TPSA) is 47.9 Å². The highest BCUT2D eigenvalue weighted by atomic mass is 28.2. The van der Waals surface area contributed by atoms with Gasteiger partial charge in [-0.05, 0) is 29.5 Å². The smallest absolute Gasteiger partial charge is 0.232 e. The van der Waals surface area contributed by atoms with Gasteiger partial charge < -0.3 is 4.74 Å². The minimum Gasteiger partial charge on any atom is -0.477 e. The van der Waals surface area contributed by atoms with E-state index >= 15 is 0 Å². The summed E-state index contributed by atoms with van der Waals surface area (Å²) in [5.41, 5.74) is 1.89. The molecule has 0 bridgehead atoms. The highest BCUT2D eigenvalue weighted by Gasteiger charge is 2.10. The van der Waals surface area contributed by atoms with E-state index in [4.69, 9.17) is 4.74 Å². The van der Waals surface area contributed by atoms with E-state index in [1.807, 2.05) is 12.4 Å². The molecule has 0 saturated carbocycles. The zero-order valence-electron chi connectivity index (χ0n) is 24.5. The van der Waals surface area contributed by atoms with Gasteiger partial charge in [-0.25, -0.2) is 9.97 Å². The van der Waals surface area contributed by atoms with E-state index in [1.54, 1.807) is 6.20 Å². The quantitative estimate of drug-likeness (QED) is 0.115. The van der Waals surface area contributed by atoms with Gasteiger partial charge >= 0.3 is 0 Å². The molecule has 2 unspecified atom stereocenters. The van der Waals surface area contributed by atoms with Gasteiger partial charge in [-0.3, -0.25) is 4.98 Å². The lowest BCUT2D eigenvalue weighted by molar-refractivity contribution is 0.292. The van der Waals surface area contributed by atoms with Gasteiger partial charge in [0, 0.05) is 6.20 Å². The third kappa shape index (κ3) is 14.1. The molecule has 2 aromatic rings. The lowest BCUT2D eigenvalue weighted by atomic mass is 9.93. The third-order valence-corrected chi connectivity index (χ3v) is 9.56. The number of aromatic nitrogens is 3. The van der Waals surface area contributed by atoms with Crippen LogP contribution in [0, 0.1) is 11.8 Å². The summed E-state index contributed by atoms with van der Waals surface area (Å²) in [6.45, 7) is 10.2. The van der Waals surface area contributed by atoms with Gasteiger partial charge in [0.15, 0.2) is 0 Å². The highest BCUT2D eigenvalue weighted by molar-refractivity contribution is 6.55. The van der Waals surface area contributed by atoms with Crippen LogP contribution in [0.2, 0.25) is 6.04 Å². The molecule has 208 valence electrons. The molecule has 0 amide bonds. The molecule has 0 fully saturated rings. The van der Waals surface area contributed by atoms with Gasteiger partial charge in [0.2, 0.25) is 5.88 Å². The second-order valence-corrected chi connectivity index (χ2v) is 13.2. The van der Waals surface area contributed by atoms with E-state index in [2.05, 4.69) is 54.8 Å². The Labute approximate surface area is 230 Å². The van der Waals surface area contributed by atoms with Crippen molar-refractivity contribution >= 4 is 14.7 Å². The number of pyridine rings is 1. The fourth-order valence-electron chi connectivity index (χ4n) is 5.10. The Morgan fingerprint density at radius 3 is 2.14 bits per heavy atom. The molecule has 2 heterocycles. The maximum absolute atomic E-state index is 5.81. The molecule has 0 aromatic carbocycles. The van der Waals surface area contributed by atoms with Crippen LogP contribution in [0.5, 0.6) is 5.88 Å². The maximum atomic E-state index is 5.81. The molecule has 2 rings (SSSR count). The Kier molecular flexibility index (Phi) is 17.2. The highest BCUT2D eigenvalue weighted by Crippen LogP contribution is 2.21. The summed E-state index contributed by atoms with van der Waals surface area (Å²) < 4.78 is 5.81. The summed E-state index contributed by atoms with van der Waals surface area (Å²) in [6.07, 6.45) is 25.5. The average molecular weight is 526 g/mol. The van der Waals surface area contributed by atoms with Crippen molar-refractivity contribution in [2.75, 3.05) is 6.61 Å². The second kappa shape index (κ2) is 20.2. The average Bonchev–Trinajstić information content (AvgIpc) is 2.91. The fourth-order valence-corrected chi connectivity index (χ4v) is 6.83. The van der Waals surface area contributed by atoms with Crippen LogP contribution in [-0.4, -0.2) is 31.1 Å². The second-order valence-electron chi connectivity index (χ2n) is 11.3. The molecule has 5 heteroatoms. The van der Waals surface area contributed by atoms with E-state index in [0.717, 1.165) is 36.3 Å². The standard InChI is InChI=1S/C32H55N3OSi/c1-5-7-9-10-11-13-23-36-31-26-34-29(25-35-31)32-30(21-15-22-33-32)37-24-16-20-28(4)19-14-18-27(3)17-12-8-6-2/h15,21-22,25-28H,5-14,16-20,23-24,37H2,1-4H3. The van der Waals surface area contributed by atoms with Gasteiger partial charge in [-0.1, -0.05) is 130 Å². The molecular formula is C32H55N3OSi. The first kappa shape index (κ1) is 31.5. The van der Waals surface area contributed by atoms with Gasteiger partial charge in [-0.15, -0.1) is 0 Å². The van der Waals surface area contributed by atoms with Crippen LogP contribution in [0.1, 0.15) is 124 Å². The largest absolute Gasteiger partial charge is 0.477 e. The molecular weight excluding hydrogens is 470 g/mol. The van der Waals surface area contributed by atoms with E-state index < -0.39 is 0 Å². The summed E-state index contributed by atoms with van der Waals surface area (Å²) in [5, 5.41) is 1.41. The molecule has 0 aliphatic carbocycles. The molecule has 0 N–H and O–H groups in total. The predicted octanol–water partition coefficient (Wildman–Crippen LogP) is 8.29. The summed E-state index contributed by atoms with van der Waals surface area (Å²) in [5.74, 6) is 2.37. The molecule has 0 aliphatic heterocycles. The minimum atomic E-state index is -0.368. The first-order valence-electron chi connectivity index (χ1n) is 15.5. The molecule has 4 nitrogen and oxygen atoms in total. The van der Waals surface area contributed by atoms with Gasteiger partial charge in [0.25, 0.3) is 0 Å². The maximum Gasteiger partial charge on any atom is 0.232 e. The Bertz CT molecular complexity index is 814. The molecule has 2 atom stereocenters.